The lowest BCUT2D eigenvalue weighted by molar-refractivity contribution is -0.129. The summed E-state index contributed by atoms with van der Waals surface area (Å²) in [6.07, 6.45) is 4.41. The van der Waals surface area contributed by atoms with Crippen molar-refractivity contribution in [2.75, 3.05) is 6.54 Å². The maximum Gasteiger partial charge on any atom is 0.249 e. The average Bonchev–Trinajstić information content (AvgIpc) is 3.46. The third-order valence-electron chi connectivity index (χ3n) is 4.99. The molecule has 4 rings (SSSR count). The SMILES string of the molecule is Cn1cc(S(=O)(=O)NCc2noc([C@@H]3CCC(=O)N3CCc3ccccc3)n2)cn1. The Morgan fingerprint density at radius 1 is 1.27 bits per heavy atom. The van der Waals surface area contributed by atoms with E-state index < -0.39 is 10.0 Å². The molecule has 1 atom stereocenters. The highest BCUT2D eigenvalue weighted by molar-refractivity contribution is 7.89. The van der Waals surface area contributed by atoms with E-state index in [2.05, 4.69) is 20.0 Å². The Hall–Kier alpha value is -3.05. The molecule has 3 heterocycles. The molecular weight excluding hydrogens is 408 g/mol. The van der Waals surface area contributed by atoms with E-state index in [9.17, 15) is 13.2 Å². The molecule has 0 aliphatic carbocycles. The summed E-state index contributed by atoms with van der Waals surface area (Å²) < 4.78 is 33.8. The van der Waals surface area contributed by atoms with Gasteiger partial charge in [-0.1, -0.05) is 35.5 Å². The summed E-state index contributed by atoms with van der Waals surface area (Å²) in [6, 6.07) is 9.64. The van der Waals surface area contributed by atoms with Crippen molar-refractivity contribution in [1.29, 1.82) is 0 Å². The third-order valence-corrected chi connectivity index (χ3v) is 6.35. The molecule has 1 amide bonds. The highest BCUT2D eigenvalue weighted by Gasteiger charge is 2.35. The van der Waals surface area contributed by atoms with Gasteiger partial charge in [-0.2, -0.15) is 10.1 Å². The first kappa shape index (κ1) is 20.2. The molecule has 0 saturated carbocycles. The summed E-state index contributed by atoms with van der Waals surface area (Å²) >= 11 is 0. The second kappa shape index (κ2) is 8.36. The van der Waals surface area contributed by atoms with Crippen molar-refractivity contribution in [3.8, 4) is 0 Å². The number of hydrogen-bond acceptors (Lipinski definition) is 7. The van der Waals surface area contributed by atoms with Crippen molar-refractivity contribution in [1.82, 2.24) is 29.5 Å². The number of amides is 1. The van der Waals surface area contributed by atoms with Gasteiger partial charge >= 0.3 is 0 Å². The van der Waals surface area contributed by atoms with Gasteiger partial charge in [0, 0.05) is 26.2 Å². The molecule has 1 aliphatic rings. The van der Waals surface area contributed by atoms with E-state index in [-0.39, 0.29) is 29.2 Å². The molecule has 30 heavy (non-hydrogen) atoms. The second-order valence-corrected chi connectivity index (χ2v) is 8.87. The number of aryl methyl sites for hydroxylation is 1. The van der Waals surface area contributed by atoms with Gasteiger partial charge in [0.05, 0.1) is 12.7 Å². The number of nitrogens with one attached hydrogen (secondary N) is 1. The molecule has 11 heteroatoms. The zero-order valence-corrected chi connectivity index (χ0v) is 17.2. The van der Waals surface area contributed by atoms with Gasteiger partial charge in [0.25, 0.3) is 0 Å². The fourth-order valence-corrected chi connectivity index (χ4v) is 4.38. The topological polar surface area (TPSA) is 123 Å². The summed E-state index contributed by atoms with van der Waals surface area (Å²) in [5.74, 6) is 0.581. The van der Waals surface area contributed by atoms with Crippen LogP contribution in [-0.2, 0) is 34.8 Å². The number of rotatable bonds is 8. The quantitative estimate of drug-likeness (QED) is 0.569. The first-order chi connectivity index (χ1) is 14.4. The molecular formula is C19H22N6O4S. The number of carbonyl (C=O) groups excluding carboxylic acids is 1. The Morgan fingerprint density at radius 3 is 2.80 bits per heavy atom. The van der Waals surface area contributed by atoms with E-state index in [0.717, 1.165) is 12.0 Å². The Labute approximate surface area is 173 Å². The minimum absolute atomic E-state index is 0.0490. The van der Waals surface area contributed by atoms with Crippen LogP contribution in [0.1, 0.15) is 36.2 Å². The van der Waals surface area contributed by atoms with Crippen LogP contribution in [0.25, 0.3) is 0 Å². The van der Waals surface area contributed by atoms with Gasteiger partial charge in [0.15, 0.2) is 5.82 Å². The van der Waals surface area contributed by atoms with Crippen LogP contribution < -0.4 is 4.72 Å². The van der Waals surface area contributed by atoms with Gasteiger partial charge in [0.1, 0.15) is 10.9 Å². The summed E-state index contributed by atoms with van der Waals surface area (Å²) in [4.78, 5) is 18.5. The van der Waals surface area contributed by atoms with Gasteiger partial charge in [-0.25, -0.2) is 13.1 Å². The smallest absolute Gasteiger partial charge is 0.249 e. The molecule has 1 saturated heterocycles. The molecule has 1 N–H and O–H groups in total. The lowest BCUT2D eigenvalue weighted by atomic mass is 10.1. The van der Waals surface area contributed by atoms with E-state index >= 15 is 0 Å². The van der Waals surface area contributed by atoms with Crippen molar-refractivity contribution in [2.45, 2.75) is 36.7 Å². The van der Waals surface area contributed by atoms with Crippen LogP contribution in [0.4, 0.5) is 0 Å². The molecule has 0 spiro atoms. The molecule has 10 nitrogen and oxygen atoms in total. The van der Waals surface area contributed by atoms with Crippen molar-refractivity contribution in [3.63, 3.8) is 0 Å². The predicted octanol–water partition coefficient (Wildman–Crippen LogP) is 1.19. The molecule has 1 fully saturated rings. The summed E-state index contributed by atoms with van der Waals surface area (Å²) in [5, 5.41) is 7.73. The summed E-state index contributed by atoms with van der Waals surface area (Å²) in [6.45, 7) is 0.435. The van der Waals surface area contributed by atoms with Crippen molar-refractivity contribution < 1.29 is 17.7 Å². The van der Waals surface area contributed by atoms with Crippen molar-refractivity contribution in [2.24, 2.45) is 7.05 Å². The number of sulfonamides is 1. The monoisotopic (exact) mass is 430 g/mol. The molecule has 158 valence electrons. The van der Waals surface area contributed by atoms with Crippen LogP contribution in [0.2, 0.25) is 0 Å². The molecule has 2 aromatic heterocycles. The van der Waals surface area contributed by atoms with Gasteiger partial charge in [-0.15, -0.1) is 0 Å². The minimum Gasteiger partial charge on any atom is -0.337 e. The van der Waals surface area contributed by atoms with Crippen LogP contribution in [0.15, 0.2) is 52.1 Å². The van der Waals surface area contributed by atoms with Gasteiger partial charge in [0.2, 0.25) is 21.8 Å². The Bertz CT molecular complexity index is 1120. The van der Waals surface area contributed by atoms with Crippen LogP contribution in [0.5, 0.6) is 0 Å². The first-order valence-electron chi connectivity index (χ1n) is 9.56. The number of likely N-dealkylation sites (tertiary alicyclic amines) is 1. The highest BCUT2D eigenvalue weighted by Crippen LogP contribution is 2.31. The number of hydrogen-bond donors (Lipinski definition) is 1. The van der Waals surface area contributed by atoms with Gasteiger partial charge in [-0.3, -0.25) is 9.48 Å². The van der Waals surface area contributed by atoms with Crippen LogP contribution >= 0.6 is 0 Å². The van der Waals surface area contributed by atoms with Crippen LogP contribution in [-0.4, -0.2) is 45.7 Å². The molecule has 0 bridgehead atoms. The zero-order valence-electron chi connectivity index (χ0n) is 16.4. The third kappa shape index (κ3) is 4.41. The molecule has 0 radical (unpaired) electrons. The highest BCUT2D eigenvalue weighted by atomic mass is 32.2. The maximum atomic E-state index is 12.3. The van der Waals surface area contributed by atoms with E-state index in [1.807, 2.05) is 30.3 Å². The van der Waals surface area contributed by atoms with Gasteiger partial charge < -0.3 is 9.42 Å². The van der Waals surface area contributed by atoms with Gasteiger partial charge in [-0.05, 0) is 18.4 Å². The maximum absolute atomic E-state index is 12.3. The summed E-state index contributed by atoms with van der Waals surface area (Å²) in [5.41, 5.74) is 1.15. The molecule has 0 unspecified atom stereocenters. The van der Waals surface area contributed by atoms with E-state index in [1.165, 1.54) is 17.1 Å². The standard InChI is InChI=1S/C19H22N6O4S/c1-24-13-15(11-20-24)30(27,28)21-12-17-22-19(29-23-17)16-7-8-18(26)25(16)10-9-14-5-3-2-4-6-14/h2-6,11,13,16,21H,7-10,12H2,1H3/t16-/m0/s1. The van der Waals surface area contributed by atoms with Crippen LogP contribution in [0, 0.1) is 0 Å². The minimum atomic E-state index is -3.73. The molecule has 3 aromatic rings. The first-order valence-corrected chi connectivity index (χ1v) is 11.0. The Morgan fingerprint density at radius 2 is 2.07 bits per heavy atom. The largest absolute Gasteiger partial charge is 0.337 e. The fourth-order valence-electron chi connectivity index (χ4n) is 3.42. The Balaban J connectivity index is 1.40. The van der Waals surface area contributed by atoms with Crippen molar-refractivity contribution >= 4 is 15.9 Å². The second-order valence-electron chi connectivity index (χ2n) is 7.10. The van der Waals surface area contributed by atoms with E-state index in [0.29, 0.717) is 25.3 Å². The van der Waals surface area contributed by atoms with E-state index in [4.69, 9.17) is 4.52 Å². The normalized spacial score (nSPS) is 17.0. The molecule has 1 aromatic carbocycles. The number of benzene rings is 1. The Kier molecular flexibility index (Phi) is 5.64. The van der Waals surface area contributed by atoms with E-state index in [1.54, 1.807) is 11.9 Å². The number of aromatic nitrogens is 4. The predicted molar refractivity (Wildman–Crippen MR) is 105 cm³/mol. The lowest BCUT2D eigenvalue weighted by Gasteiger charge is -2.21. The fraction of sp³-hybridized carbons (Fsp3) is 0.368. The lowest BCUT2D eigenvalue weighted by Crippen LogP contribution is -2.30. The number of carbonyl (C=O) groups is 1. The average molecular weight is 430 g/mol. The summed E-state index contributed by atoms with van der Waals surface area (Å²) in [7, 11) is -2.09. The molecule has 1 aliphatic heterocycles. The van der Waals surface area contributed by atoms with Crippen LogP contribution in [0.3, 0.4) is 0 Å². The van der Waals surface area contributed by atoms with Crippen molar-refractivity contribution in [3.05, 3.63) is 60.0 Å². The zero-order chi connectivity index (χ0) is 21.1. The number of nitrogens with zero attached hydrogens (tertiary/aromatic N) is 5.